The van der Waals surface area contributed by atoms with Gasteiger partial charge in [0.25, 0.3) is 0 Å². The molecule has 7 heteroatoms. The summed E-state index contributed by atoms with van der Waals surface area (Å²) in [6.45, 7) is 4.00. The summed E-state index contributed by atoms with van der Waals surface area (Å²) in [7, 11) is 8.92. The topological polar surface area (TPSA) is 49.9 Å². The Labute approximate surface area is 249 Å². The average molecular weight is 579 g/mol. The lowest BCUT2D eigenvalue weighted by Gasteiger charge is -2.50. The van der Waals surface area contributed by atoms with E-state index < -0.39 is 5.82 Å². The minimum Gasteiger partial charge on any atom is -0.388 e. The Bertz CT molecular complexity index is 1270. The molecule has 0 aromatic heterocycles. The third-order valence-electron chi connectivity index (χ3n) is 7.46. The molecule has 2 aliphatic rings. The van der Waals surface area contributed by atoms with E-state index in [0.29, 0.717) is 35.4 Å². The summed E-state index contributed by atoms with van der Waals surface area (Å²) >= 11 is 0. The fourth-order valence-corrected chi connectivity index (χ4v) is 4.98. The number of fused-ring (bicyclic) bond motifs is 1. The maximum Gasteiger partial charge on any atom is 0.142 e. The molecule has 0 heterocycles. The van der Waals surface area contributed by atoms with Crippen molar-refractivity contribution in [2.24, 2.45) is 17.8 Å². The van der Waals surface area contributed by atoms with Crippen LogP contribution in [0.3, 0.4) is 0 Å². The van der Waals surface area contributed by atoms with Gasteiger partial charge in [0.2, 0.25) is 0 Å². The predicted molar refractivity (Wildman–Crippen MR) is 168 cm³/mol. The summed E-state index contributed by atoms with van der Waals surface area (Å²) in [5.41, 5.74) is 3.56. The van der Waals surface area contributed by atoms with E-state index in [-0.39, 0.29) is 12.4 Å². The summed E-state index contributed by atoms with van der Waals surface area (Å²) in [5, 5.41) is 0. The summed E-state index contributed by atoms with van der Waals surface area (Å²) in [5.74, 6) is 1.54. The van der Waals surface area contributed by atoms with Gasteiger partial charge in [-0.25, -0.2) is 8.78 Å². The van der Waals surface area contributed by atoms with Crippen LogP contribution in [0.2, 0.25) is 0 Å². The van der Waals surface area contributed by atoms with Crippen LogP contribution in [0, 0.1) is 29.4 Å². The van der Waals surface area contributed by atoms with E-state index in [9.17, 15) is 18.4 Å². The van der Waals surface area contributed by atoms with Gasteiger partial charge in [-0.2, -0.15) is 0 Å². The number of likely N-dealkylation sites (N-methyl/N-ethyl adjacent to an activating group) is 1. The van der Waals surface area contributed by atoms with Crippen molar-refractivity contribution >= 4 is 24.3 Å². The second-order valence-electron chi connectivity index (χ2n) is 10.8. The molecule has 2 unspecified atom stereocenters. The Morgan fingerprint density at radius 2 is 1.81 bits per heavy atom. The van der Waals surface area contributed by atoms with Crippen LogP contribution in [0.5, 0.6) is 0 Å². The third kappa shape index (κ3) is 10.5. The van der Waals surface area contributed by atoms with E-state index in [2.05, 4.69) is 11.3 Å². The Kier molecular flexibility index (Phi) is 14.6. The molecule has 2 aromatic carbocycles. The molecule has 0 bridgehead atoms. The number of hydrogen-bond acceptors (Lipinski definition) is 5. The zero-order chi connectivity index (χ0) is 31.1. The van der Waals surface area contributed by atoms with Gasteiger partial charge < -0.3 is 19.3 Å². The van der Waals surface area contributed by atoms with Crippen LogP contribution in [-0.4, -0.2) is 52.8 Å². The third-order valence-corrected chi connectivity index (χ3v) is 7.46. The molecule has 2 fully saturated rings. The van der Waals surface area contributed by atoms with Gasteiger partial charge in [0.1, 0.15) is 24.2 Å². The molecule has 4 rings (SSSR count). The molecule has 0 N–H and O–H groups in total. The normalized spacial score (nSPS) is 18.8. The van der Waals surface area contributed by atoms with Gasteiger partial charge in [-0.1, -0.05) is 36.9 Å². The number of allylic oxidation sites excluding steroid dienone is 5. The SMILES string of the molecule is C=C/C=C(\C=C/Cc1ccc(CN(C)c2cc(F)cc(/C=C/C=O)c2)c(F)c1)N(C)C.COC.O=CC1CC2CC[C@@H]12. The van der Waals surface area contributed by atoms with Crippen LogP contribution in [0.25, 0.3) is 6.08 Å². The highest BCUT2D eigenvalue weighted by molar-refractivity contribution is 5.74. The number of nitrogens with zero attached hydrogens (tertiary/aromatic N) is 2. The van der Waals surface area contributed by atoms with E-state index >= 15 is 0 Å². The standard InChI is InChI=1S/C26H28F2N2O.C7H10O.C2H6O/c1-5-8-24(29(2)3)11-6-9-20-12-13-22(26(28)17-20)19-30(4)25-16-21(10-7-14-31)15-23(27)18-25;8-4-6-3-5-1-2-7(5)6;1-3-2/h5-8,10-18H,1,9,19H2,2-4H3;4-7H,1-3H2;1-2H3/b10-7+,11-6-,24-8+;;/t;5?,6?,7-;/m.1./s1. The van der Waals surface area contributed by atoms with E-state index in [1.165, 1.54) is 49.6 Å². The molecule has 5 nitrogen and oxygen atoms in total. The van der Waals surface area contributed by atoms with Gasteiger partial charge in [-0.3, -0.25) is 4.79 Å². The van der Waals surface area contributed by atoms with E-state index in [1.807, 2.05) is 43.3 Å². The first-order chi connectivity index (χ1) is 20.2. The fraction of sp³-hybridized carbons (Fsp3) is 0.371. The Balaban J connectivity index is 0.000000462. The van der Waals surface area contributed by atoms with Crippen LogP contribution < -0.4 is 4.90 Å². The van der Waals surface area contributed by atoms with Crippen molar-refractivity contribution in [3.05, 3.63) is 107 Å². The predicted octanol–water partition coefficient (Wildman–Crippen LogP) is 7.04. The van der Waals surface area contributed by atoms with Crippen molar-refractivity contribution in [1.29, 1.82) is 0 Å². The van der Waals surface area contributed by atoms with Crippen molar-refractivity contribution in [1.82, 2.24) is 4.90 Å². The molecule has 0 amide bonds. The first-order valence-corrected chi connectivity index (χ1v) is 14.1. The number of benzene rings is 2. The van der Waals surface area contributed by atoms with Crippen LogP contribution >= 0.6 is 0 Å². The van der Waals surface area contributed by atoms with Crippen LogP contribution in [0.15, 0.2) is 79.1 Å². The Morgan fingerprint density at radius 3 is 2.31 bits per heavy atom. The number of rotatable bonds is 11. The van der Waals surface area contributed by atoms with Crippen LogP contribution in [0.4, 0.5) is 14.5 Å². The zero-order valence-corrected chi connectivity index (χ0v) is 25.4. The molecule has 226 valence electrons. The highest BCUT2D eigenvalue weighted by Crippen LogP contribution is 2.53. The number of ether oxygens (including phenoxy) is 1. The molecule has 2 aliphatic carbocycles. The van der Waals surface area contributed by atoms with E-state index in [0.717, 1.165) is 29.4 Å². The molecule has 0 radical (unpaired) electrons. The highest BCUT2D eigenvalue weighted by Gasteiger charge is 2.46. The number of aldehydes is 2. The average Bonchev–Trinajstić information content (AvgIpc) is 2.94. The van der Waals surface area contributed by atoms with Gasteiger partial charge in [0.05, 0.1) is 0 Å². The van der Waals surface area contributed by atoms with Gasteiger partial charge in [-0.15, -0.1) is 0 Å². The van der Waals surface area contributed by atoms with Crippen molar-refractivity contribution < 1.29 is 23.1 Å². The largest absolute Gasteiger partial charge is 0.388 e. The van der Waals surface area contributed by atoms with Gasteiger partial charge in [0, 0.05) is 64.8 Å². The zero-order valence-electron chi connectivity index (χ0n) is 25.4. The monoisotopic (exact) mass is 578 g/mol. The summed E-state index contributed by atoms with van der Waals surface area (Å²) < 4.78 is 32.8. The maximum atomic E-state index is 14.7. The number of anilines is 1. The first kappa shape index (κ1) is 34.4. The smallest absolute Gasteiger partial charge is 0.142 e. The quantitative estimate of drug-likeness (QED) is 0.163. The van der Waals surface area contributed by atoms with Gasteiger partial charge >= 0.3 is 0 Å². The van der Waals surface area contributed by atoms with E-state index in [4.69, 9.17) is 0 Å². The number of hydrogen-bond donors (Lipinski definition) is 0. The Morgan fingerprint density at radius 1 is 1.07 bits per heavy atom. The second kappa shape index (κ2) is 17.9. The molecule has 0 saturated heterocycles. The van der Waals surface area contributed by atoms with Crippen molar-refractivity contribution in [2.45, 2.75) is 32.2 Å². The lowest BCUT2D eigenvalue weighted by atomic mass is 9.54. The van der Waals surface area contributed by atoms with Crippen molar-refractivity contribution in [2.75, 3.05) is 40.3 Å². The minimum absolute atomic E-state index is 0.287. The molecule has 0 aliphatic heterocycles. The number of halogens is 2. The number of carbonyl (C=O) groups excluding carboxylic acids is 2. The maximum absolute atomic E-state index is 14.7. The van der Waals surface area contributed by atoms with Crippen LogP contribution in [0.1, 0.15) is 36.0 Å². The molecule has 2 saturated carbocycles. The lowest BCUT2D eigenvalue weighted by molar-refractivity contribution is -0.124. The van der Waals surface area contributed by atoms with Gasteiger partial charge in [-0.05, 0) is 91.1 Å². The minimum atomic E-state index is -0.417. The highest BCUT2D eigenvalue weighted by atomic mass is 19.1. The molecule has 42 heavy (non-hydrogen) atoms. The summed E-state index contributed by atoms with van der Waals surface area (Å²) in [6, 6.07) is 9.66. The number of methoxy groups -OCH3 is 1. The number of carbonyl (C=O) groups is 2. The lowest BCUT2D eigenvalue weighted by Crippen LogP contribution is -2.44. The van der Waals surface area contributed by atoms with E-state index in [1.54, 1.807) is 44.4 Å². The summed E-state index contributed by atoms with van der Waals surface area (Å²) in [4.78, 5) is 24.4. The summed E-state index contributed by atoms with van der Waals surface area (Å²) in [6.07, 6.45) is 16.7. The molecular formula is C35H44F2N2O3. The molecule has 2 aromatic rings. The molecule has 3 atom stereocenters. The van der Waals surface area contributed by atoms with Crippen LogP contribution in [-0.2, 0) is 27.3 Å². The van der Waals surface area contributed by atoms with Crippen molar-refractivity contribution in [3.63, 3.8) is 0 Å². The van der Waals surface area contributed by atoms with Crippen molar-refractivity contribution in [3.8, 4) is 0 Å². The first-order valence-electron chi connectivity index (χ1n) is 14.1. The van der Waals surface area contributed by atoms with Gasteiger partial charge in [0.15, 0.2) is 0 Å². The molecular weight excluding hydrogens is 534 g/mol. The fourth-order valence-electron chi connectivity index (χ4n) is 4.98. The Hall–Kier alpha value is -3.84. The second-order valence-corrected chi connectivity index (χ2v) is 10.8. The molecule has 0 spiro atoms.